The van der Waals surface area contributed by atoms with Gasteiger partial charge < -0.3 is 22.5 Å². The second-order valence-electron chi connectivity index (χ2n) is 4.79. The van der Waals surface area contributed by atoms with E-state index in [0.29, 0.717) is 0 Å². The molecule has 0 radical (unpaired) electrons. The maximum atomic E-state index is 11.8. The maximum absolute atomic E-state index is 11.8. The Bertz CT molecular complexity index is 522. The highest BCUT2D eigenvalue weighted by Gasteiger charge is 2.18. The molecule has 0 saturated carbocycles. The van der Waals surface area contributed by atoms with Crippen molar-refractivity contribution in [1.82, 2.24) is 0 Å². The molecule has 7 heteroatoms. The third-order valence-electron chi connectivity index (χ3n) is 2.79. The Morgan fingerprint density at radius 1 is 1.00 bits per heavy atom. The molecule has 0 aliphatic heterocycles. The van der Waals surface area contributed by atoms with Gasteiger partial charge in [0.2, 0.25) is 17.7 Å². The van der Waals surface area contributed by atoms with Gasteiger partial charge in [-0.05, 0) is 24.1 Å². The molecule has 0 aliphatic rings. The van der Waals surface area contributed by atoms with Crippen molar-refractivity contribution < 1.29 is 14.4 Å². The number of primary amides is 2. The van der Waals surface area contributed by atoms with E-state index >= 15 is 0 Å². The Balaban J connectivity index is 3.09. The zero-order chi connectivity index (χ0) is 15.4. The fourth-order valence-corrected chi connectivity index (χ4v) is 1.51. The molecule has 3 amide bonds. The van der Waals surface area contributed by atoms with E-state index in [4.69, 9.17) is 17.2 Å². The summed E-state index contributed by atoms with van der Waals surface area (Å²) in [6, 6.07) is 3.28. The van der Waals surface area contributed by atoms with E-state index in [2.05, 4.69) is 5.32 Å². The van der Waals surface area contributed by atoms with E-state index in [0.717, 1.165) is 0 Å². The number of nitrogens with one attached hydrogen (secondary N) is 1. The number of anilines is 1. The van der Waals surface area contributed by atoms with Crippen molar-refractivity contribution in [2.45, 2.75) is 19.9 Å². The second kappa shape index (κ2) is 6.16. The zero-order valence-electron chi connectivity index (χ0n) is 11.3. The number of hydrogen-bond acceptors (Lipinski definition) is 4. The molecule has 7 nitrogen and oxygen atoms in total. The molecule has 0 heterocycles. The fraction of sp³-hybridized carbons (Fsp3) is 0.308. The Labute approximate surface area is 116 Å². The van der Waals surface area contributed by atoms with Crippen molar-refractivity contribution in [2.75, 3.05) is 5.32 Å². The molecule has 108 valence electrons. The monoisotopic (exact) mass is 278 g/mol. The van der Waals surface area contributed by atoms with Crippen LogP contribution >= 0.6 is 0 Å². The third-order valence-corrected chi connectivity index (χ3v) is 2.79. The van der Waals surface area contributed by atoms with Crippen molar-refractivity contribution in [3.8, 4) is 0 Å². The van der Waals surface area contributed by atoms with Crippen molar-refractivity contribution in [3.05, 3.63) is 29.3 Å². The van der Waals surface area contributed by atoms with Gasteiger partial charge in [0.05, 0.1) is 6.04 Å². The maximum Gasteiger partial charge on any atom is 0.248 e. The summed E-state index contributed by atoms with van der Waals surface area (Å²) < 4.78 is 0. The third kappa shape index (κ3) is 3.79. The predicted octanol–water partition coefficient (Wildman–Crippen LogP) is -0.194. The predicted molar refractivity (Wildman–Crippen MR) is 74.9 cm³/mol. The molecule has 1 aromatic rings. The topological polar surface area (TPSA) is 141 Å². The Kier molecular flexibility index (Phi) is 4.82. The van der Waals surface area contributed by atoms with Gasteiger partial charge in [-0.25, -0.2) is 0 Å². The number of hydrogen-bond donors (Lipinski definition) is 4. The summed E-state index contributed by atoms with van der Waals surface area (Å²) in [6.07, 6.45) is 0. The number of amides is 3. The van der Waals surface area contributed by atoms with E-state index in [1.54, 1.807) is 13.8 Å². The summed E-state index contributed by atoms with van der Waals surface area (Å²) in [6.45, 7) is 3.61. The highest BCUT2D eigenvalue weighted by Crippen LogP contribution is 2.15. The summed E-state index contributed by atoms with van der Waals surface area (Å²) in [7, 11) is 0. The lowest BCUT2D eigenvalue weighted by Crippen LogP contribution is -2.39. The van der Waals surface area contributed by atoms with Crippen molar-refractivity contribution in [3.63, 3.8) is 0 Å². The van der Waals surface area contributed by atoms with E-state index in [1.165, 1.54) is 18.2 Å². The van der Waals surface area contributed by atoms with E-state index in [1.807, 2.05) is 0 Å². The van der Waals surface area contributed by atoms with Crippen LogP contribution in [0.25, 0.3) is 0 Å². The van der Waals surface area contributed by atoms with Gasteiger partial charge in [-0.2, -0.15) is 0 Å². The minimum Gasteiger partial charge on any atom is -0.366 e. The van der Waals surface area contributed by atoms with Crippen LogP contribution in [0.5, 0.6) is 0 Å². The molecule has 1 rings (SSSR count). The van der Waals surface area contributed by atoms with Crippen LogP contribution in [0.2, 0.25) is 0 Å². The number of carbonyl (C=O) groups excluding carboxylic acids is 3. The standard InChI is InChI=1S/C13H18N4O3/c1-6(2)10(14)13(20)17-9-4-7(11(15)18)3-8(5-9)12(16)19/h3-6,10H,14H2,1-2H3,(H2,15,18)(H2,16,19)(H,17,20). The summed E-state index contributed by atoms with van der Waals surface area (Å²) in [5.74, 6) is -1.92. The molecule has 0 aromatic heterocycles. The zero-order valence-corrected chi connectivity index (χ0v) is 11.3. The first-order chi connectivity index (χ1) is 9.22. The smallest absolute Gasteiger partial charge is 0.248 e. The number of carbonyl (C=O) groups is 3. The van der Waals surface area contributed by atoms with Crippen LogP contribution < -0.4 is 22.5 Å². The first-order valence-corrected chi connectivity index (χ1v) is 6.03. The van der Waals surface area contributed by atoms with Gasteiger partial charge in [-0.1, -0.05) is 13.8 Å². The van der Waals surface area contributed by atoms with E-state index in [-0.39, 0.29) is 22.7 Å². The van der Waals surface area contributed by atoms with Crippen LogP contribution in [-0.2, 0) is 4.79 Å². The lowest BCUT2D eigenvalue weighted by molar-refractivity contribution is -0.118. The van der Waals surface area contributed by atoms with Gasteiger partial charge in [0.15, 0.2) is 0 Å². The van der Waals surface area contributed by atoms with Crippen LogP contribution in [0.3, 0.4) is 0 Å². The second-order valence-corrected chi connectivity index (χ2v) is 4.79. The molecule has 1 atom stereocenters. The largest absolute Gasteiger partial charge is 0.366 e. The molecular formula is C13H18N4O3. The van der Waals surface area contributed by atoms with Gasteiger partial charge in [-0.3, -0.25) is 14.4 Å². The summed E-state index contributed by atoms with van der Waals surface area (Å²) in [5, 5.41) is 2.53. The van der Waals surface area contributed by atoms with Gasteiger partial charge in [0, 0.05) is 16.8 Å². The van der Waals surface area contributed by atoms with Crippen LogP contribution in [0.4, 0.5) is 5.69 Å². The molecule has 1 unspecified atom stereocenters. The number of nitrogens with two attached hydrogens (primary N) is 3. The SMILES string of the molecule is CC(C)C(N)C(=O)Nc1cc(C(N)=O)cc(C(N)=O)c1. The Morgan fingerprint density at radius 2 is 1.45 bits per heavy atom. The quantitative estimate of drug-likeness (QED) is 0.592. The van der Waals surface area contributed by atoms with Gasteiger partial charge in [0.1, 0.15) is 0 Å². The van der Waals surface area contributed by atoms with Gasteiger partial charge in [0.25, 0.3) is 0 Å². The summed E-state index contributed by atoms with van der Waals surface area (Å²) in [4.78, 5) is 34.2. The average molecular weight is 278 g/mol. The van der Waals surface area contributed by atoms with Crippen LogP contribution in [0.15, 0.2) is 18.2 Å². The minimum atomic E-state index is -0.725. The molecule has 0 bridgehead atoms. The van der Waals surface area contributed by atoms with Crippen molar-refractivity contribution in [2.24, 2.45) is 23.1 Å². The highest BCUT2D eigenvalue weighted by molar-refractivity contribution is 6.02. The van der Waals surface area contributed by atoms with Crippen LogP contribution in [-0.4, -0.2) is 23.8 Å². The molecule has 7 N–H and O–H groups in total. The normalized spacial score (nSPS) is 12.0. The Morgan fingerprint density at radius 3 is 1.80 bits per heavy atom. The summed E-state index contributed by atoms with van der Waals surface area (Å²) >= 11 is 0. The molecule has 20 heavy (non-hydrogen) atoms. The molecule has 0 saturated heterocycles. The molecule has 0 spiro atoms. The van der Waals surface area contributed by atoms with Gasteiger partial charge in [-0.15, -0.1) is 0 Å². The lowest BCUT2D eigenvalue weighted by Gasteiger charge is -2.16. The van der Waals surface area contributed by atoms with Crippen molar-refractivity contribution in [1.29, 1.82) is 0 Å². The number of benzene rings is 1. The van der Waals surface area contributed by atoms with Crippen molar-refractivity contribution >= 4 is 23.4 Å². The molecule has 0 fully saturated rings. The Hall–Kier alpha value is -2.41. The molecular weight excluding hydrogens is 260 g/mol. The first kappa shape index (κ1) is 15.6. The lowest BCUT2D eigenvalue weighted by atomic mass is 10.0. The fourth-order valence-electron chi connectivity index (χ4n) is 1.51. The molecule has 0 aliphatic carbocycles. The van der Waals surface area contributed by atoms with E-state index < -0.39 is 23.8 Å². The molecule has 1 aromatic carbocycles. The number of rotatable bonds is 5. The first-order valence-electron chi connectivity index (χ1n) is 6.03. The van der Waals surface area contributed by atoms with Crippen LogP contribution in [0.1, 0.15) is 34.6 Å². The van der Waals surface area contributed by atoms with E-state index in [9.17, 15) is 14.4 Å². The highest BCUT2D eigenvalue weighted by atomic mass is 16.2. The average Bonchev–Trinajstić information content (AvgIpc) is 2.36. The summed E-state index contributed by atoms with van der Waals surface area (Å²) in [5.41, 5.74) is 16.4. The van der Waals surface area contributed by atoms with Gasteiger partial charge >= 0.3 is 0 Å². The van der Waals surface area contributed by atoms with Crippen LogP contribution in [0, 0.1) is 5.92 Å². The minimum absolute atomic E-state index is 0.0510.